The molecule has 0 rings (SSSR count). The molecule has 0 radical (unpaired) electrons. The summed E-state index contributed by atoms with van der Waals surface area (Å²) in [6.45, 7) is 2.93. The number of likely N-dealkylation sites (N-methyl/N-ethyl adjacent to an activating group) is 1. The number of unbranched alkanes of at least 4 members (excludes halogenated alkanes) is 10. The number of rotatable bonds is 18. The van der Waals surface area contributed by atoms with E-state index >= 15 is 0 Å². The number of carbonyl (C=O) groups is 1. The quantitative estimate of drug-likeness (QED) is 0.138. The van der Waals surface area contributed by atoms with Crippen LogP contribution in [0, 0.1) is 0 Å². The van der Waals surface area contributed by atoms with Gasteiger partial charge in [0.2, 0.25) is 0 Å². The number of ether oxygens (including phenoxy) is 1. The maximum Gasteiger partial charge on any atom is 0.307 e. The minimum absolute atomic E-state index is 0.0299. The third-order valence-electron chi connectivity index (χ3n) is 4.47. The second-order valence-corrected chi connectivity index (χ2v) is 8.56. The molecule has 0 saturated heterocycles. The van der Waals surface area contributed by atoms with Crippen LogP contribution in [0.3, 0.4) is 0 Å². The third kappa shape index (κ3) is 20.9. The molecule has 4 heteroatoms. The van der Waals surface area contributed by atoms with Gasteiger partial charge >= 0.3 is 5.97 Å². The molecule has 0 aromatic carbocycles. The lowest BCUT2D eigenvalue weighted by atomic mass is 10.1. The minimum Gasteiger partial charge on any atom is -0.492 e. The van der Waals surface area contributed by atoms with E-state index in [1.807, 2.05) is 33.3 Å². The van der Waals surface area contributed by atoms with Gasteiger partial charge in [-0.15, -0.1) is 0 Å². The van der Waals surface area contributed by atoms with Gasteiger partial charge < -0.3 is 14.3 Å². The highest BCUT2D eigenvalue weighted by atomic mass is 16.5. The largest absolute Gasteiger partial charge is 0.492 e. The van der Waals surface area contributed by atoms with Crippen molar-refractivity contribution in [2.45, 2.75) is 90.1 Å². The lowest BCUT2D eigenvalue weighted by Gasteiger charge is -2.28. The Morgan fingerprint density at radius 1 is 0.926 bits per heavy atom. The molecule has 0 aliphatic carbocycles. The molecule has 0 heterocycles. The van der Waals surface area contributed by atoms with E-state index < -0.39 is 5.97 Å². The average molecular weight is 383 g/mol. The van der Waals surface area contributed by atoms with Crippen LogP contribution in [0.4, 0.5) is 0 Å². The van der Waals surface area contributed by atoms with Gasteiger partial charge in [-0.25, -0.2) is 0 Å². The zero-order chi connectivity index (χ0) is 20.4. The van der Waals surface area contributed by atoms with Crippen molar-refractivity contribution in [3.05, 3.63) is 24.5 Å². The summed E-state index contributed by atoms with van der Waals surface area (Å²) in [4.78, 5) is 10.9. The number of allylic oxidation sites excluding steroid dienone is 3. The summed E-state index contributed by atoms with van der Waals surface area (Å²) in [5, 5.41) is 8.98. The Bertz CT molecular complexity index is 410. The van der Waals surface area contributed by atoms with Crippen molar-refractivity contribution in [2.24, 2.45) is 0 Å². The van der Waals surface area contributed by atoms with Crippen LogP contribution in [0.25, 0.3) is 0 Å². The second-order valence-electron chi connectivity index (χ2n) is 8.56. The monoisotopic (exact) mass is 382 g/mol. The molecule has 0 saturated carbocycles. The maximum atomic E-state index is 10.9. The number of hydrogen-bond donors (Lipinski definition) is 1. The van der Waals surface area contributed by atoms with Crippen LogP contribution in [0.15, 0.2) is 24.5 Å². The van der Waals surface area contributed by atoms with Crippen molar-refractivity contribution in [1.82, 2.24) is 0 Å². The molecule has 0 aromatic heterocycles. The first-order chi connectivity index (χ1) is 12.8. The van der Waals surface area contributed by atoms with Crippen LogP contribution in [0.5, 0.6) is 0 Å². The number of carboxylic acids is 1. The molecule has 0 spiro atoms. The molecule has 0 fully saturated rings. The molecular formula is C23H44NO3+. The van der Waals surface area contributed by atoms with E-state index in [1.165, 1.54) is 64.2 Å². The molecule has 0 aliphatic heterocycles. The van der Waals surface area contributed by atoms with Gasteiger partial charge in [0, 0.05) is 0 Å². The number of aliphatic carboxylic acids is 1. The van der Waals surface area contributed by atoms with Gasteiger partial charge in [-0.3, -0.25) is 4.79 Å². The summed E-state index contributed by atoms with van der Waals surface area (Å²) < 4.78 is 6.29. The molecule has 0 bridgehead atoms. The summed E-state index contributed by atoms with van der Waals surface area (Å²) in [6.07, 6.45) is 22.1. The standard InChI is InChI=1S/C23H43NO3/c1-5-6-7-8-9-10-11-12-13-14-15-16-17-18-19-27-22(20-23(25)26)21-24(2,3)4/h16-19,22H,5-15,20-21H2,1-4H3/p+1. The van der Waals surface area contributed by atoms with Gasteiger partial charge in [0.25, 0.3) is 0 Å². The van der Waals surface area contributed by atoms with Gasteiger partial charge in [0.1, 0.15) is 6.54 Å². The van der Waals surface area contributed by atoms with Gasteiger partial charge in [0.05, 0.1) is 33.8 Å². The Balaban J connectivity index is 3.69. The van der Waals surface area contributed by atoms with E-state index in [1.54, 1.807) is 6.26 Å². The molecule has 1 N–H and O–H groups in total. The lowest BCUT2D eigenvalue weighted by molar-refractivity contribution is -0.873. The minimum atomic E-state index is -0.821. The van der Waals surface area contributed by atoms with Gasteiger partial charge in [0.15, 0.2) is 6.10 Å². The Labute approximate surface area is 167 Å². The third-order valence-corrected chi connectivity index (χ3v) is 4.47. The maximum absolute atomic E-state index is 10.9. The van der Waals surface area contributed by atoms with Crippen LogP contribution in [-0.2, 0) is 9.53 Å². The van der Waals surface area contributed by atoms with E-state index in [-0.39, 0.29) is 12.5 Å². The van der Waals surface area contributed by atoms with Crippen LogP contribution < -0.4 is 0 Å². The van der Waals surface area contributed by atoms with Crippen molar-refractivity contribution in [3.8, 4) is 0 Å². The Kier molecular flexibility index (Phi) is 16.0. The van der Waals surface area contributed by atoms with Gasteiger partial charge in [-0.05, 0) is 18.9 Å². The molecule has 0 aromatic rings. The molecular weight excluding hydrogens is 338 g/mol. The van der Waals surface area contributed by atoms with Crippen LogP contribution >= 0.6 is 0 Å². The van der Waals surface area contributed by atoms with Crippen LogP contribution in [-0.4, -0.2) is 49.4 Å². The molecule has 1 atom stereocenters. The van der Waals surface area contributed by atoms with Crippen molar-refractivity contribution >= 4 is 5.97 Å². The normalized spacial score (nSPS) is 13.5. The van der Waals surface area contributed by atoms with Crippen molar-refractivity contribution < 1.29 is 19.1 Å². The van der Waals surface area contributed by atoms with Crippen LogP contribution in [0.1, 0.15) is 84.0 Å². The van der Waals surface area contributed by atoms with Crippen molar-refractivity contribution in [2.75, 3.05) is 27.7 Å². The van der Waals surface area contributed by atoms with E-state index in [9.17, 15) is 4.79 Å². The number of hydrogen-bond acceptors (Lipinski definition) is 2. The smallest absolute Gasteiger partial charge is 0.307 e. The Morgan fingerprint density at radius 2 is 1.48 bits per heavy atom. The van der Waals surface area contributed by atoms with E-state index in [4.69, 9.17) is 9.84 Å². The summed E-state index contributed by atoms with van der Waals surface area (Å²) in [6, 6.07) is 0. The zero-order valence-electron chi connectivity index (χ0n) is 18.3. The summed E-state index contributed by atoms with van der Waals surface area (Å²) >= 11 is 0. The molecule has 0 amide bonds. The van der Waals surface area contributed by atoms with E-state index in [2.05, 4.69) is 13.0 Å². The predicted molar refractivity (Wildman–Crippen MR) is 115 cm³/mol. The molecule has 4 nitrogen and oxygen atoms in total. The fourth-order valence-corrected chi connectivity index (χ4v) is 3.09. The first-order valence-electron chi connectivity index (χ1n) is 10.8. The molecule has 1 unspecified atom stereocenters. The van der Waals surface area contributed by atoms with Gasteiger partial charge in [-0.1, -0.05) is 76.9 Å². The lowest BCUT2D eigenvalue weighted by Crippen LogP contribution is -2.42. The summed E-state index contributed by atoms with van der Waals surface area (Å²) in [5.41, 5.74) is 0. The number of quaternary nitrogens is 1. The summed E-state index contributed by atoms with van der Waals surface area (Å²) in [5.74, 6) is -0.821. The van der Waals surface area contributed by atoms with Crippen molar-refractivity contribution in [1.29, 1.82) is 0 Å². The summed E-state index contributed by atoms with van der Waals surface area (Å²) in [7, 11) is 6.11. The average Bonchev–Trinajstić information content (AvgIpc) is 2.56. The van der Waals surface area contributed by atoms with E-state index in [0.717, 1.165) is 6.42 Å². The fourth-order valence-electron chi connectivity index (χ4n) is 3.09. The SMILES string of the molecule is CCCCCCCCCCCCC=CC=COC(CC(=O)O)C[N+](C)(C)C. The molecule has 0 aliphatic rings. The first-order valence-corrected chi connectivity index (χ1v) is 10.8. The fraction of sp³-hybridized carbons (Fsp3) is 0.783. The molecule has 158 valence electrons. The highest BCUT2D eigenvalue weighted by Gasteiger charge is 2.21. The second kappa shape index (κ2) is 16.9. The first kappa shape index (κ1) is 25.7. The van der Waals surface area contributed by atoms with Gasteiger partial charge in [-0.2, -0.15) is 0 Å². The molecule has 27 heavy (non-hydrogen) atoms. The number of nitrogens with zero attached hydrogens (tertiary/aromatic N) is 1. The highest BCUT2D eigenvalue weighted by molar-refractivity contribution is 5.67. The number of carboxylic acid groups (broad SMARTS) is 1. The highest BCUT2D eigenvalue weighted by Crippen LogP contribution is 2.11. The zero-order valence-corrected chi connectivity index (χ0v) is 18.3. The van der Waals surface area contributed by atoms with Crippen molar-refractivity contribution in [3.63, 3.8) is 0 Å². The Hall–Kier alpha value is -1.29. The van der Waals surface area contributed by atoms with E-state index in [0.29, 0.717) is 11.0 Å². The predicted octanol–water partition coefficient (Wildman–Crippen LogP) is 5.93. The Morgan fingerprint density at radius 3 is 2.00 bits per heavy atom. The van der Waals surface area contributed by atoms with Crippen LogP contribution in [0.2, 0.25) is 0 Å². The topological polar surface area (TPSA) is 46.5 Å².